The highest BCUT2D eigenvalue weighted by molar-refractivity contribution is 6.30. The molecule has 1 aliphatic rings. The van der Waals surface area contributed by atoms with E-state index >= 15 is 0 Å². The molecular formula is C27H32ClN5O2. The van der Waals surface area contributed by atoms with Gasteiger partial charge < -0.3 is 15.0 Å². The van der Waals surface area contributed by atoms with Crippen molar-refractivity contribution in [1.29, 1.82) is 0 Å². The maximum absolute atomic E-state index is 12.2. The summed E-state index contributed by atoms with van der Waals surface area (Å²) in [4.78, 5) is 23.9. The summed E-state index contributed by atoms with van der Waals surface area (Å²) in [6.07, 6.45) is 2.01. The third kappa shape index (κ3) is 6.42. The van der Waals surface area contributed by atoms with Gasteiger partial charge in [-0.25, -0.2) is 14.8 Å². The van der Waals surface area contributed by atoms with Gasteiger partial charge in [0.1, 0.15) is 17.5 Å². The first-order chi connectivity index (χ1) is 16.7. The Hall–Kier alpha value is -3.32. The molecule has 0 saturated heterocycles. The van der Waals surface area contributed by atoms with Crippen molar-refractivity contribution in [2.24, 2.45) is 0 Å². The summed E-state index contributed by atoms with van der Waals surface area (Å²) < 4.78 is 5.42. The SMILES string of the molecule is CN(C)c1cc(NC2Cc3ccccc3C2)nc(C(C)(C)CCOC(=O)Nc2cccc(Cl)c2)n1. The number of nitrogens with one attached hydrogen (secondary N) is 2. The molecule has 0 fully saturated rings. The standard InChI is InChI=1S/C27H32ClN5O2/c1-27(2,12-13-35-26(34)30-21-11-7-10-20(28)16-21)25-31-23(17-24(32-25)33(3)4)29-22-14-18-8-5-6-9-19(18)15-22/h5-11,16-17,22H,12-15H2,1-4H3,(H,30,34)(H,29,31,32). The number of nitrogens with zero attached hydrogens (tertiary/aromatic N) is 3. The van der Waals surface area contributed by atoms with E-state index in [0.29, 0.717) is 29.0 Å². The molecule has 2 N–H and O–H groups in total. The molecule has 3 aromatic rings. The van der Waals surface area contributed by atoms with E-state index in [9.17, 15) is 4.79 Å². The van der Waals surface area contributed by atoms with Gasteiger partial charge in [-0.3, -0.25) is 5.32 Å². The van der Waals surface area contributed by atoms with Crippen LogP contribution < -0.4 is 15.5 Å². The van der Waals surface area contributed by atoms with Crippen LogP contribution in [0.4, 0.5) is 22.1 Å². The Labute approximate surface area is 211 Å². The van der Waals surface area contributed by atoms with Gasteiger partial charge in [-0.15, -0.1) is 0 Å². The Balaban J connectivity index is 1.40. The van der Waals surface area contributed by atoms with Gasteiger partial charge in [0.15, 0.2) is 0 Å². The van der Waals surface area contributed by atoms with Gasteiger partial charge in [-0.1, -0.05) is 55.8 Å². The summed E-state index contributed by atoms with van der Waals surface area (Å²) in [5.74, 6) is 2.35. The second-order valence-electron chi connectivity index (χ2n) is 9.75. The van der Waals surface area contributed by atoms with Crippen molar-refractivity contribution in [3.8, 4) is 0 Å². The van der Waals surface area contributed by atoms with Gasteiger partial charge in [0.05, 0.1) is 6.61 Å². The van der Waals surface area contributed by atoms with Gasteiger partial charge in [0, 0.05) is 42.3 Å². The summed E-state index contributed by atoms with van der Waals surface area (Å²) in [6.45, 7) is 4.36. The second kappa shape index (κ2) is 10.5. The molecule has 0 atom stereocenters. The van der Waals surface area contributed by atoms with Crippen molar-refractivity contribution in [3.63, 3.8) is 0 Å². The fraction of sp³-hybridized carbons (Fsp3) is 0.370. The summed E-state index contributed by atoms with van der Waals surface area (Å²) in [5, 5.41) is 6.86. The summed E-state index contributed by atoms with van der Waals surface area (Å²) in [7, 11) is 3.94. The van der Waals surface area contributed by atoms with E-state index in [1.165, 1.54) is 11.1 Å². The molecule has 0 bridgehead atoms. The molecular weight excluding hydrogens is 462 g/mol. The van der Waals surface area contributed by atoms with Crippen molar-refractivity contribution in [2.45, 2.75) is 44.6 Å². The number of benzene rings is 2. The normalized spacial score (nSPS) is 13.3. The Morgan fingerprint density at radius 2 is 1.80 bits per heavy atom. The average Bonchev–Trinajstić information content (AvgIpc) is 3.21. The van der Waals surface area contributed by atoms with Crippen LogP contribution in [0.1, 0.15) is 37.2 Å². The maximum atomic E-state index is 12.2. The number of carbonyl (C=O) groups is 1. The van der Waals surface area contributed by atoms with Crippen molar-refractivity contribution < 1.29 is 9.53 Å². The molecule has 8 heteroatoms. The fourth-order valence-corrected chi connectivity index (χ4v) is 4.33. The van der Waals surface area contributed by atoms with Crippen molar-refractivity contribution in [2.75, 3.05) is 36.2 Å². The summed E-state index contributed by atoms with van der Waals surface area (Å²) >= 11 is 5.97. The van der Waals surface area contributed by atoms with E-state index in [0.717, 1.165) is 24.5 Å². The number of rotatable bonds is 8. The number of hydrogen-bond acceptors (Lipinski definition) is 6. The smallest absolute Gasteiger partial charge is 0.411 e. The van der Waals surface area contributed by atoms with E-state index in [1.807, 2.05) is 25.1 Å². The predicted octanol–water partition coefficient (Wildman–Crippen LogP) is 5.69. The lowest BCUT2D eigenvalue weighted by Gasteiger charge is -2.26. The highest BCUT2D eigenvalue weighted by Crippen LogP contribution is 2.29. The molecule has 2 aromatic carbocycles. The number of amides is 1. The third-order valence-electron chi connectivity index (χ3n) is 6.21. The molecule has 1 amide bonds. The Morgan fingerprint density at radius 1 is 1.09 bits per heavy atom. The van der Waals surface area contributed by atoms with Crippen molar-refractivity contribution >= 4 is 35.0 Å². The Bertz CT molecular complexity index is 1170. The minimum absolute atomic E-state index is 0.232. The van der Waals surface area contributed by atoms with Crippen LogP contribution in [0.25, 0.3) is 0 Å². The largest absolute Gasteiger partial charge is 0.449 e. The molecule has 184 valence electrons. The molecule has 0 unspecified atom stereocenters. The van der Waals surface area contributed by atoms with Crippen LogP contribution in [0.3, 0.4) is 0 Å². The van der Waals surface area contributed by atoms with Crippen LogP contribution in [0.5, 0.6) is 0 Å². The summed E-state index contributed by atoms with van der Waals surface area (Å²) in [5.41, 5.74) is 2.96. The molecule has 7 nitrogen and oxygen atoms in total. The number of carbonyl (C=O) groups excluding carboxylic acids is 1. The van der Waals surface area contributed by atoms with E-state index in [4.69, 9.17) is 26.3 Å². The van der Waals surface area contributed by atoms with E-state index in [2.05, 4.69) is 48.7 Å². The van der Waals surface area contributed by atoms with Crippen molar-refractivity contribution in [1.82, 2.24) is 9.97 Å². The molecule has 4 rings (SSSR count). The first-order valence-electron chi connectivity index (χ1n) is 11.8. The third-order valence-corrected chi connectivity index (χ3v) is 6.45. The first-order valence-corrected chi connectivity index (χ1v) is 12.2. The van der Waals surface area contributed by atoms with Crippen LogP contribution >= 0.6 is 11.6 Å². The molecule has 0 radical (unpaired) electrons. The molecule has 1 aromatic heterocycles. The Morgan fingerprint density at radius 3 is 2.46 bits per heavy atom. The lowest BCUT2D eigenvalue weighted by molar-refractivity contribution is 0.151. The predicted molar refractivity (Wildman–Crippen MR) is 142 cm³/mol. The average molecular weight is 494 g/mol. The minimum atomic E-state index is -0.519. The molecule has 0 spiro atoms. The number of halogens is 1. The number of anilines is 3. The van der Waals surface area contributed by atoms with E-state index < -0.39 is 11.5 Å². The fourth-order valence-electron chi connectivity index (χ4n) is 4.14. The molecule has 0 saturated carbocycles. The van der Waals surface area contributed by atoms with Crippen LogP contribution in [0.2, 0.25) is 5.02 Å². The maximum Gasteiger partial charge on any atom is 0.411 e. The molecule has 1 aliphatic carbocycles. The van der Waals surface area contributed by atoms with Crippen LogP contribution in [-0.4, -0.2) is 42.8 Å². The van der Waals surface area contributed by atoms with E-state index in [-0.39, 0.29) is 6.61 Å². The van der Waals surface area contributed by atoms with Gasteiger partial charge in [0.2, 0.25) is 0 Å². The second-order valence-corrected chi connectivity index (χ2v) is 10.2. The zero-order valence-electron chi connectivity index (χ0n) is 20.6. The zero-order chi connectivity index (χ0) is 25.0. The van der Waals surface area contributed by atoms with Gasteiger partial charge in [0.25, 0.3) is 0 Å². The number of hydrogen-bond donors (Lipinski definition) is 2. The topological polar surface area (TPSA) is 79.4 Å². The molecule has 0 aliphatic heterocycles. The monoisotopic (exact) mass is 493 g/mol. The van der Waals surface area contributed by atoms with E-state index in [1.54, 1.807) is 24.3 Å². The quantitative estimate of drug-likeness (QED) is 0.419. The number of aromatic nitrogens is 2. The van der Waals surface area contributed by atoms with Gasteiger partial charge in [-0.2, -0.15) is 0 Å². The first kappa shape index (κ1) is 24.8. The molecule has 1 heterocycles. The van der Waals surface area contributed by atoms with Gasteiger partial charge >= 0.3 is 6.09 Å². The molecule has 35 heavy (non-hydrogen) atoms. The highest BCUT2D eigenvalue weighted by atomic mass is 35.5. The minimum Gasteiger partial charge on any atom is -0.449 e. The zero-order valence-corrected chi connectivity index (χ0v) is 21.4. The Kier molecular flexibility index (Phi) is 7.45. The highest BCUT2D eigenvalue weighted by Gasteiger charge is 2.27. The summed E-state index contributed by atoms with van der Waals surface area (Å²) in [6, 6.07) is 17.8. The lowest BCUT2D eigenvalue weighted by atomic mass is 9.88. The number of fused-ring (bicyclic) bond motifs is 1. The van der Waals surface area contributed by atoms with Crippen molar-refractivity contribution in [3.05, 3.63) is 76.6 Å². The number of ether oxygens (including phenoxy) is 1. The van der Waals surface area contributed by atoms with Crippen LogP contribution in [0.15, 0.2) is 54.6 Å². The van der Waals surface area contributed by atoms with Crippen LogP contribution in [0, 0.1) is 0 Å². The van der Waals surface area contributed by atoms with Gasteiger partial charge in [-0.05, 0) is 48.6 Å². The van der Waals surface area contributed by atoms with Crippen LogP contribution in [-0.2, 0) is 23.0 Å². The lowest BCUT2D eigenvalue weighted by Crippen LogP contribution is -2.28.